The van der Waals surface area contributed by atoms with Crippen molar-refractivity contribution < 1.29 is 19.1 Å². The molecule has 0 bridgehead atoms. The third kappa shape index (κ3) is 4.56. The number of carbonyl (C=O) groups excluding carboxylic acids is 2. The lowest BCUT2D eigenvalue weighted by atomic mass is 9.82. The summed E-state index contributed by atoms with van der Waals surface area (Å²) in [7, 11) is 0. The fourth-order valence-electron chi connectivity index (χ4n) is 2.15. The van der Waals surface area contributed by atoms with Gasteiger partial charge in [0, 0.05) is 0 Å². The van der Waals surface area contributed by atoms with Gasteiger partial charge in [0.25, 0.3) is 0 Å². The summed E-state index contributed by atoms with van der Waals surface area (Å²) in [6.07, 6.45) is 2.10. The summed E-state index contributed by atoms with van der Waals surface area (Å²) in [5, 5.41) is 0.365. The molecule has 0 unspecified atom stereocenters. The van der Waals surface area contributed by atoms with Crippen molar-refractivity contribution in [2.45, 2.75) is 46.5 Å². The second-order valence-electron chi connectivity index (χ2n) is 5.34. The van der Waals surface area contributed by atoms with Gasteiger partial charge in [-0.2, -0.15) is 0 Å². The van der Waals surface area contributed by atoms with Crippen LogP contribution in [0.25, 0.3) is 0 Å². The maximum absolute atomic E-state index is 12.7. The molecule has 1 aromatic carbocycles. The van der Waals surface area contributed by atoms with E-state index in [1.807, 2.05) is 6.92 Å². The Kier molecular flexibility index (Phi) is 8.34. The zero-order chi connectivity index (χ0) is 18.3. The highest BCUT2D eigenvalue weighted by Crippen LogP contribution is 2.40. The van der Waals surface area contributed by atoms with Gasteiger partial charge < -0.3 is 9.47 Å². The van der Waals surface area contributed by atoms with E-state index in [9.17, 15) is 9.59 Å². The number of halogens is 3. The Morgan fingerprint density at radius 2 is 1.58 bits per heavy atom. The summed E-state index contributed by atoms with van der Waals surface area (Å²) in [5.74, 6) is -1.40. The molecule has 0 spiro atoms. The predicted molar refractivity (Wildman–Crippen MR) is 96.0 cm³/mol. The van der Waals surface area contributed by atoms with Crippen LogP contribution in [0, 0.1) is 5.41 Å². The Morgan fingerprint density at radius 1 is 1.00 bits per heavy atom. The SMILES string of the molecule is CCCCOC(=O)C(CC)(CC)C(=O)Oc1c(Cl)ccc(Cl)c1Cl. The zero-order valence-electron chi connectivity index (χ0n) is 14.0. The van der Waals surface area contributed by atoms with Crippen LogP contribution in [-0.4, -0.2) is 18.5 Å². The first kappa shape index (κ1) is 21.1. The lowest BCUT2D eigenvalue weighted by Gasteiger charge is -2.27. The van der Waals surface area contributed by atoms with Crippen LogP contribution in [0.5, 0.6) is 5.75 Å². The van der Waals surface area contributed by atoms with Crippen molar-refractivity contribution >= 4 is 46.7 Å². The van der Waals surface area contributed by atoms with Crippen LogP contribution < -0.4 is 4.74 Å². The molecule has 0 fully saturated rings. The van der Waals surface area contributed by atoms with E-state index in [-0.39, 0.29) is 40.3 Å². The van der Waals surface area contributed by atoms with E-state index in [2.05, 4.69) is 0 Å². The normalized spacial score (nSPS) is 11.2. The second-order valence-corrected chi connectivity index (χ2v) is 6.53. The number of rotatable bonds is 8. The highest BCUT2D eigenvalue weighted by Gasteiger charge is 2.46. The average Bonchev–Trinajstić information content (AvgIpc) is 2.57. The maximum atomic E-state index is 12.7. The third-order valence-electron chi connectivity index (χ3n) is 3.92. The van der Waals surface area contributed by atoms with Gasteiger partial charge in [0.2, 0.25) is 0 Å². The molecule has 4 nitrogen and oxygen atoms in total. The maximum Gasteiger partial charge on any atom is 0.328 e. The monoisotopic (exact) mass is 394 g/mol. The molecular formula is C17H21Cl3O4. The highest BCUT2D eigenvalue weighted by atomic mass is 35.5. The van der Waals surface area contributed by atoms with E-state index in [0.29, 0.717) is 0 Å². The van der Waals surface area contributed by atoms with E-state index in [1.54, 1.807) is 13.8 Å². The zero-order valence-corrected chi connectivity index (χ0v) is 16.2. The van der Waals surface area contributed by atoms with Gasteiger partial charge >= 0.3 is 11.9 Å². The highest BCUT2D eigenvalue weighted by molar-refractivity contribution is 6.44. The minimum Gasteiger partial charge on any atom is -0.465 e. The van der Waals surface area contributed by atoms with E-state index in [1.165, 1.54) is 12.1 Å². The molecule has 0 aliphatic rings. The summed E-state index contributed by atoms with van der Waals surface area (Å²) in [6.45, 7) is 5.71. The van der Waals surface area contributed by atoms with E-state index in [4.69, 9.17) is 44.3 Å². The Bertz CT molecular complexity index is 598. The van der Waals surface area contributed by atoms with Gasteiger partial charge in [-0.3, -0.25) is 9.59 Å². The largest absolute Gasteiger partial charge is 0.465 e. The lowest BCUT2D eigenvalue weighted by molar-refractivity contribution is -0.168. The number of benzene rings is 1. The van der Waals surface area contributed by atoms with Gasteiger partial charge in [-0.1, -0.05) is 62.0 Å². The van der Waals surface area contributed by atoms with Crippen molar-refractivity contribution in [1.82, 2.24) is 0 Å². The van der Waals surface area contributed by atoms with Crippen LogP contribution in [0.1, 0.15) is 46.5 Å². The fourth-order valence-corrected chi connectivity index (χ4v) is 2.75. The fraction of sp³-hybridized carbons (Fsp3) is 0.529. The Balaban J connectivity index is 3.07. The molecule has 24 heavy (non-hydrogen) atoms. The van der Waals surface area contributed by atoms with Crippen LogP contribution in [0.15, 0.2) is 12.1 Å². The number of ether oxygens (including phenoxy) is 2. The summed E-state index contributed by atoms with van der Waals surface area (Å²) in [5.41, 5.74) is -1.40. The molecule has 0 saturated carbocycles. The molecular weight excluding hydrogens is 375 g/mol. The summed E-state index contributed by atoms with van der Waals surface area (Å²) in [6, 6.07) is 2.97. The van der Waals surface area contributed by atoms with E-state index >= 15 is 0 Å². The third-order valence-corrected chi connectivity index (χ3v) is 5.00. The number of unbranched alkanes of at least 4 members (excludes halogenated alkanes) is 1. The Labute approximate surface area is 157 Å². The Hall–Kier alpha value is -0.970. The first-order chi connectivity index (χ1) is 11.3. The molecule has 0 saturated heterocycles. The molecule has 0 amide bonds. The minimum absolute atomic E-state index is 0.0259. The first-order valence-corrected chi connectivity index (χ1v) is 9.00. The number of hydrogen-bond donors (Lipinski definition) is 0. The van der Waals surface area contributed by atoms with Crippen molar-refractivity contribution in [1.29, 1.82) is 0 Å². The minimum atomic E-state index is -1.40. The van der Waals surface area contributed by atoms with Gasteiger partial charge in [-0.15, -0.1) is 0 Å². The molecule has 1 rings (SSSR count). The molecule has 7 heteroatoms. The molecule has 0 aliphatic heterocycles. The Morgan fingerprint density at radius 3 is 2.12 bits per heavy atom. The molecule has 0 N–H and O–H groups in total. The van der Waals surface area contributed by atoms with Crippen molar-refractivity contribution in [3.63, 3.8) is 0 Å². The van der Waals surface area contributed by atoms with Gasteiger partial charge in [0.1, 0.15) is 5.02 Å². The lowest BCUT2D eigenvalue weighted by Crippen LogP contribution is -2.42. The number of esters is 2. The number of carbonyl (C=O) groups is 2. The standard InChI is InChI=1S/C17H21Cl3O4/c1-4-7-10-23-15(21)17(5-2,6-3)16(22)24-14-12(19)9-8-11(18)13(14)20/h8-9H,4-7,10H2,1-3H3. The summed E-state index contributed by atoms with van der Waals surface area (Å²) in [4.78, 5) is 25.2. The van der Waals surface area contributed by atoms with Crippen LogP contribution in [-0.2, 0) is 14.3 Å². The smallest absolute Gasteiger partial charge is 0.328 e. The molecule has 0 heterocycles. The van der Waals surface area contributed by atoms with Crippen LogP contribution in [0.4, 0.5) is 0 Å². The second kappa shape index (κ2) is 9.50. The van der Waals surface area contributed by atoms with Gasteiger partial charge in [-0.25, -0.2) is 0 Å². The van der Waals surface area contributed by atoms with Gasteiger partial charge in [0.05, 0.1) is 16.7 Å². The van der Waals surface area contributed by atoms with Crippen molar-refractivity contribution in [2.75, 3.05) is 6.61 Å². The van der Waals surface area contributed by atoms with Crippen molar-refractivity contribution in [3.05, 3.63) is 27.2 Å². The summed E-state index contributed by atoms with van der Waals surface area (Å²) < 4.78 is 10.6. The van der Waals surface area contributed by atoms with Crippen LogP contribution >= 0.6 is 34.8 Å². The molecule has 0 aliphatic carbocycles. The van der Waals surface area contributed by atoms with Gasteiger partial charge in [-0.05, 0) is 31.4 Å². The topological polar surface area (TPSA) is 52.6 Å². The van der Waals surface area contributed by atoms with E-state index in [0.717, 1.165) is 12.8 Å². The molecule has 0 radical (unpaired) electrons. The molecule has 1 aromatic rings. The van der Waals surface area contributed by atoms with Crippen LogP contribution in [0.2, 0.25) is 15.1 Å². The predicted octanol–water partition coefficient (Wildman–Crippen LogP) is 5.70. The van der Waals surface area contributed by atoms with Crippen LogP contribution in [0.3, 0.4) is 0 Å². The molecule has 0 aromatic heterocycles. The first-order valence-electron chi connectivity index (χ1n) is 7.87. The molecule has 134 valence electrons. The van der Waals surface area contributed by atoms with Gasteiger partial charge in [0.15, 0.2) is 11.2 Å². The molecule has 0 atom stereocenters. The average molecular weight is 396 g/mol. The quantitative estimate of drug-likeness (QED) is 0.186. The van der Waals surface area contributed by atoms with Crippen molar-refractivity contribution in [3.8, 4) is 5.75 Å². The summed E-state index contributed by atoms with van der Waals surface area (Å²) >= 11 is 18.0. The van der Waals surface area contributed by atoms with Crippen molar-refractivity contribution in [2.24, 2.45) is 5.41 Å². The number of hydrogen-bond acceptors (Lipinski definition) is 4. The van der Waals surface area contributed by atoms with E-state index < -0.39 is 17.4 Å².